The lowest BCUT2D eigenvalue weighted by atomic mass is 9.93. The number of amides is 1. The summed E-state index contributed by atoms with van der Waals surface area (Å²) in [4.78, 5) is 40.1. The number of piperidine rings is 1. The van der Waals surface area contributed by atoms with E-state index in [1.54, 1.807) is 11.0 Å². The van der Waals surface area contributed by atoms with Gasteiger partial charge < -0.3 is 15.0 Å². The predicted molar refractivity (Wildman–Crippen MR) is 94.4 cm³/mol. The summed E-state index contributed by atoms with van der Waals surface area (Å²) >= 11 is 0. The number of rotatable bonds is 5. The average molecular weight is 342 g/mol. The topological polar surface area (TPSA) is 90.5 Å². The molecule has 0 radical (unpaired) electrons. The Kier molecular flexibility index (Phi) is 5.16. The summed E-state index contributed by atoms with van der Waals surface area (Å²) in [7, 11) is 0. The van der Waals surface area contributed by atoms with Crippen LogP contribution in [-0.2, 0) is 16.0 Å². The highest BCUT2D eigenvalue weighted by Crippen LogP contribution is 2.21. The zero-order chi connectivity index (χ0) is 17.8. The average Bonchev–Trinajstić information content (AvgIpc) is 2.61. The van der Waals surface area contributed by atoms with Crippen LogP contribution in [0.5, 0.6) is 0 Å². The van der Waals surface area contributed by atoms with Gasteiger partial charge in [-0.3, -0.25) is 14.4 Å². The van der Waals surface area contributed by atoms with Gasteiger partial charge in [-0.15, -0.1) is 0 Å². The number of hydrogen-bond donors (Lipinski definition) is 2. The van der Waals surface area contributed by atoms with Crippen LogP contribution in [0, 0.1) is 5.92 Å². The SMILES string of the molecule is O=C(O)CC[C@@H]1CCCN(C(=O)Cc2cc3ccccc3[nH]c2=O)C1. The van der Waals surface area contributed by atoms with Gasteiger partial charge in [0, 0.05) is 30.6 Å². The van der Waals surface area contributed by atoms with Gasteiger partial charge in [-0.05, 0) is 42.7 Å². The molecule has 0 aliphatic carbocycles. The molecule has 2 aromatic rings. The zero-order valence-electron chi connectivity index (χ0n) is 14.0. The van der Waals surface area contributed by atoms with E-state index in [0.717, 1.165) is 23.7 Å². The van der Waals surface area contributed by atoms with E-state index in [9.17, 15) is 14.4 Å². The molecule has 25 heavy (non-hydrogen) atoms. The Balaban J connectivity index is 1.68. The quantitative estimate of drug-likeness (QED) is 0.871. The molecule has 0 spiro atoms. The number of nitrogens with one attached hydrogen (secondary N) is 1. The van der Waals surface area contributed by atoms with Gasteiger partial charge in [0.05, 0.1) is 6.42 Å². The standard InChI is InChI=1S/C19H22N2O4/c22-17(21-9-3-4-13(12-21)7-8-18(23)24)11-15-10-14-5-1-2-6-16(14)20-19(15)25/h1-2,5-6,10,13H,3-4,7-9,11-12H2,(H,20,25)(H,23,24)/t13-/m0/s1. The number of aliphatic carboxylic acids is 1. The number of aromatic nitrogens is 1. The van der Waals surface area contributed by atoms with Crippen molar-refractivity contribution in [1.29, 1.82) is 0 Å². The second kappa shape index (κ2) is 7.51. The lowest BCUT2D eigenvalue weighted by molar-refractivity contribution is -0.137. The van der Waals surface area contributed by atoms with Gasteiger partial charge in [0.15, 0.2) is 0 Å². The van der Waals surface area contributed by atoms with Crippen LogP contribution in [0.15, 0.2) is 35.1 Å². The van der Waals surface area contributed by atoms with Crippen molar-refractivity contribution in [2.24, 2.45) is 5.92 Å². The van der Waals surface area contributed by atoms with Crippen molar-refractivity contribution in [2.75, 3.05) is 13.1 Å². The lowest BCUT2D eigenvalue weighted by Gasteiger charge is -2.32. The number of pyridine rings is 1. The maximum atomic E-state index is 12.6. The Bertz CT molecular complexity index is 843. The summed E-state index contributed by atoms with van der Waals surface area (Å²) in [5, 5.41) is 9.72. The van der Waals surface area contributed by atoms with E-state index in [1.165, 1.54) is 0 Å². The molecule has 2 heterocycles. The Morgan fingerprint density at radius 3 is 2.88 bits per heavy atom. The van der Waals surface area contributed by atoms with E-state index < -0.39 is 5.97 Å². The fraction of sp³-hybridized carbons (Fsp3) is 0.421. The van der Waals surface area contributed by atoms with Gasteiger partial charge >= 0.3 is 5.97 Å². The molecule has 0 unspecified atom stereocenters. The van der Waals surface area contributed by atoms with Gasteiger partial charge in [-0.25, -0.2) is 0 Å². The van der Waals surface area contributed by atoms with Crippen LogP contribution in [-0.4, -0.2) is 40.0 Å². The summed E-state index contributed by atoms with van der Waals surface area (Å²) in [6, 6.07) is 9.26. The van der Waals surface area contributed by atoms with Crippen molar-refractivity contribution in [3.63, 3.8) is 0 Å². The molecule has 1 aromatic heterocycles. The van der Waals surface area contributed by atoms with E-state index in [2.05, 4.69) is 4.98 Å². The third kappa shape index (κ3) is 4.26. The molecular weight excluding hydrogens is 320 g/mol. The number of H-pyrrole nitrogens is 1. The molecule has 1 fully saturated rings. The van der Waals surface area contributed by atoms with Crippen LogP contribution in [0.3, 0.4) is 0 Å². The Labute approximate surface area is 145 Å². The van der Waals surface area contributed by atoms with E-state index in [4.69, 9.17) is 5.11 Å². The van der Waals surface area contributed by atoms with Crippen molar-refractivity contribution in [3.05, 3.63) is 46.2 Å². The van der Waals surface area contributed by atoms with E-state index in [1.807, 2.05) is 24.3 Å². The molecule has 6 heteroatoms. The molecular formula is C19H22N2O4. The summed E-state index contributed by atoms with van der Waals surface area (Å²) in [5.41, 5.74) is 0.998. The molecule has 0 saturated carbocycles. The number of carbonyl (C=O) groups is 2. The van der Waals surface area contributed by atoms with Gasteiger partial charge in [-0.1, -0.05) is 18.2 Å². The van der Waals surface area contributed by atoms with E-state index in [0.29, 0.717) is 25.1 Å². The largest absolute Gasteiger partial charge is 0.481 e. The highest BCUT2D eigenvalue weighted by atomic mass is 16.4. The number of carbonyl (C=O) groups excluding carboxylic acids is 1. The third-order valence-corrected chi connectivity index (χ3v) is 4.81. The first-order valence-corrected chi connectivity index (χ1v) is 8.63. The van der Waals surface area contributed by atoms with Crippen LogP contribution in [0.25, 0.3) is 10.9 Å². The van der Waals surface area contributed by atoms with Crippen LogP contribution in [0.4, 0.5) is 0 Å². The van der Waals surface area contributed by atoms with Gasteiger partial charge in [0.25, 0.3) is 5.56 Å². The van der Waals surface area contributed by atoms with Crippen LogP contribution < -0.4 is 5.56 Å². The lowest BCUT2D eigenvalue weighted by Crippen LogP contribution is -2.41. The predicted octanol–water partition coefficient (Wildman–Crippen LogP) is 2.17. The fourth-order valence-electron chi connectivity index (χ4n) is 3.45. The molecule has 1 aliphatic rings. The van der Waals surface area contributed by atoms with E-state index >= 15 is 0 Å². The first kappa shape index (κ1) is 17.2. The van der Waals surface area contributed by atoms with Crippen molar-refractivity contribution >= 4 is 22.8 Å². The maximum absolute atomic E-state index is 12.6. The molecule has 0 bridgehead atoms. The molecule has 2 N–H and O–H groups in total. The second-order valence-corrected chi connectivity index (χ2v) is 6.67. The zero-order valence-corrected chi connectivity index (χ0v) is 14.0. The minimum absolute atomic E-state index is 0.0687. The fourth-order valence-corrected chi connectivity index (χ4v) is 3.45. The summed E-state index contributed by atoms with van der Waals surface area (Å²) in [5.74, 6) is -0.643. The number of benzene rings is 1. The Morgan fingerprint density at radius 1 is 1.28 bits per heavy atom. The van der Waals surface area contributed by atoms with Crippen molar-refractivity contribution < 1.29 is 14.7 Å². The summed E-state index contributed by atoms with van der Waals surface area (Å²) < 4.78 is 0. The van der Waals surface area contributed by atoms with Crippen LogP contribution >= 0.6 is 0 Å². The third-order valence-electron chi connectivity index (χ3n) is 4.81. The molecule has 1 saturated heterocycles. The maximum Gasteiger partial charge on any atom is 0.303 e. The molecule has 1 amide bonds. The summed E-state index contributed by atoms with van der Waals surface area (Å²) in [6.07, 6.45) is 2.64. The van der Waals surface area contributed by atoms with E-state index in [-0.39, 0.29) is 30.2 Å². The van der Waals surface area contributed by atoms with Gasteiger partial charge in [-0.2, -0.15) is 0 Å². The van der Waals surface area contributed by atoms with Gasteiger partial charge in [0.1, 0.15) is 0 Å². The molecule has 132 valence electrons. The first-order valence-electron chi connectivity index (χ1n) is 8.63. The monoisotopic (exact) mass is 342 g/mol. The highest BCUT2D eigenvalue weighted by Gasteiger charge is 2.24. The molecule has 6 nitrogen and oxygen atoms in total. The number of nitrogens with zero attached hydrogens (tertiary/aromatic N) is 1. The van der Waals surface area contributed by atoms with Crippen LogP contribution in [0.1, 0.15) is 31.2 Å². The number of para-hydroxylation sites is 1. The minimum Gasteiger partial charge on any atom is -0.481 e. The molecule has 1 aromatic carbocycles. The van der Waals surface area contributed by atoms with Crippen molar-refractivity contribution in [1.82, 2.24) is 9.88 Å². The normalized spacial score (nSPS) is 17.6. The number of carboxylic acid groups (broad SMARTS) is 1. The second-order valence-electron chi connectivity index (χ2n) is 6.67. The number of carboxylic acids is 1. The Morgan fingerprint density at radius 2 is 2.08 bits per heavy atom. The van der Waals surface area contributed by atoms with Gasteiger partial charge in [0.2, 0.25) is 5.91 Å². The number of hydrogen-bond acceptors (Lipinski definition) is 3. The number of aromatic amines is 1. The highest BCUT2D eigenvalue weighted by molar-refractivity contribution is 5.82. The number of likely N-dealkylation sites (tertiary alicyclic amines) is 1. The molecule has 3 rings (SSSR count). The molecule has 1 atom stereocenters. The first-order chi connectivity index (χ1) is 12.0. The van der Waals surface area contributed by atoms with Crippen molar-refractivity contribution in [3.8, 4) is 0 Å². The number of fused-ring (bicyclic) bond motifs is 1. The minimum atomic E-state index is -0.800. The smallest absolute Gasteiger partial charge is 0.303 e. The summed E-state index contributed by atoms with van der Waals surface area (Å²) in [6.45, 7) is 1.26. The van der Waals surface area contributed by atoms with Crippen molar-refractivity contribution in [2.45, 2.75) is 32.1 Å². The van der Waals surface area contributed by atoms with Crippen LogP contribution in [0.2, 0.25) is 0 Å². The Hall–Kier alpha value is -2.63. The molecule has 1 aliphatic heterocycles.